The number of halogens is 1. The van der Waals surface area contributed by atoms with Gasteiger partial charge in [0.2, 0.25) is 0 Å². The summed E-state index contributed by atoms with van der Waals surface area (Å²) >= 11 is 0. The second-order valence-corrected chi connectivity index (χ2v) is 6.72. The molecule has 1 atom stereocenters. The van der Waals surface area contributed by atoms with Gasteiger partial charge in [0, 0.05) is 25.7 Å². The van der Waals surface area contributed by atoms with Crippen LogP contribution in [0.15, 0.2) is 36.4 Å². The number of nitrogens with zero attached hydrogens (tertiary/aromatic N) is 1. The lowest BCUT2D eigenvalue weighted by Crippen LogP contribution is -2.49. The molecular weight excluding hydrogens is 321 g/mol. The molecule has 2 amide bonds. The number of nitrogens with one attached hydrogen (secondary N) is 2. The molecule has 1 heterocycles. The van der Waals surface area contributed by atoms with Crippen molar-refractivity contribution in [2.75, 3.05) is 26.2 Å². The maximum absolute atomic E-state index is 13.5. The Kier molecular flexibility index (Phi) is 7.25. The smallest absolute Gasteiger partial charge is 0.315 e. The molecule has 1 aromatic carbocycles. The van der Waals surface area contributed by atoms with Crippen molar-refractivity contribution in [3.05, 3.63) is 42.2 Å². The van der Waals surface area contributed by atoms with Gasteiger partial charge in [-0.25, -0.2) is 9.18 Å². The van der Waals surface area contributed by atoms with Gasteiger partial charge in [0.05, 0.1) is 6.54 Å². The Bertz CT molecular complexity index is 586. The van der Waals surface area contributed by atoms with E-state index in [0.717, 1.165) is 38.0 Å². The molecule has 0 aliphatic carbocycles. The largest absolute Gasteiger partial charge is 0.486 e. The summed E-state index contributed by atoms with van der Waals surface area (Å²) in [4.78, 5) is 14.4. The second-order valence-electron chi connectivity index (χ2n) is 6.72. The fourth-order valence-electron chi connectivity index (χ4n) is 2.89. The minimum absolute atomic E-state index is 0.184. The molecule has 1 aromatic rings. The Hall–Kier alpha value is -2.08. The third kappa shape index (κ3) is 6.74. The van der Waals surface area contributed by atoms with Gasteiger partial charge in [0.1, 0.15) is 6.10 Å². The highest BCUT2D eigenvalue weighted by Crippen LogP contribution is 2.16. The molecule has 1 fully saturated rings. The van der Waals surface area contributed by atoms with Crippen molar-refractivity contribution in [1.82, 2.24) is 15.5 Å². The van der Waals surface area contributed by atoms with Gasteiger partial charge in [0.25, 0.3) is 0 Å². The Labute approximate surface area is 149 Å². The van der Waals surface area contributed by atoms with Crippen LogP contribution in [0.25, 0.3) is 0 Å². The number of benzene rings is 1. The molecule has 6 heteroatoms. The number of para-hydroxylation sites is 1. The molecule has 0 bridgehead atoms. The Morgan fingerprint density at radius 2 is 2.08 bits per heavy atom. The predicted molar refractivity (Wildman–Crippen MR) is 97.3 cm³/mol. The lowest BCUT2D eigenvalue weighted by atomic mass is 10.0. The SMILES string of the molecule is C=C(C)CN1CCC(NC(=O)NCC(C)Oc2ccccc2F)CC1. The van der Waals surface area contributed by atoms with Gasteiger partial charge < -0.3 is 15.4 Å². The molecule has 2 rings (SSSR count). The zero-order valence-corrected chi connectivity index (χ0v) is 15.1. The number of likely N-dealkylation sites (tertiary alicyclic amines) is 1. The normalized spacial score (nSPS) is 16.9. The molecule has 25 heavy (non-hydrogen) atoms. The van der Waals surface area contributed by atoms with E-state index in [1.54, 1.807) is 25.1 Å². The van der Waals surface area contributed by atoms with Gasteiger partial charge in [-0.1, -0.05) is 24.3 Å². The predicted octanol–water partition coefficient (Wildman–Crippen LogP) is 2.93. The average molecular weight is 349 g/mol. The van der Waals surface area contributed by atoms with Crippen molar-refractivity contribution in [3.8, 4) is 5.75 Å². The third-order valence-electron chi connectivity index (χ3n) is 4.13. The van der Waals surface area contributed by atoms with Crippen LogP contribution in [-0.4, -0.2) is 49.3 Å². The molecule has 138 valence electrons. The van der Waals surface area contributed by atoms with E-state index in [1.807, 2.05) is 6.92 Å². The topological polar surface area (TPSA) is 53.6 Å². The van der Waals surface area contributed by atoms with E-state index < -0.39 is 5.82 Å². The summed E-state index contributed by atoms with van der Waals surface area (Å²) in [6.45, 7) is 10.9. The van der Waals surface area contributed by atoms with Gasteiger partial charge in [-0.2, -0.15) is 0 Å². The van der Waals surface area contributed by atoms with Crippen LogP contribution >= 0.6 is 0 Å². The van der Waals surface area contributed by atoms with E-state index in [2.05, 4.69) is 22.1 Å². The van der Waals surface area contributed by atoms with Crippen LogP contribution in [0.2, 0.25) is 0 Å². The summed E-state index contributed by atoms with van der Waals surface area (Å²) in [5, 5.41) is 5.78. The van der Waals surface area contributed by atoms with Crippen molar-refractivity contribution < 1.29 is 13.9 Å². The van der Waals surface area contributed by atoms with Crippen LogP contribution in [0, 0.1) is 5.82 Å². The van der Waals surface area contributed by atoms with Crippen molar-refractivity contribution in [1.29, 1.82) is 0 Å². The van der Waals surface area contributed by atoms with Gasteiger partial charge in [0.15, 0.2) is 11.6 Å². The summed E-state index contributed by atoms with van der Waals surface area (Å²) in [6, 6.07) is 6.23. The first-order chi connectivity index (χ1) is 11.9. The van der Waals surface area contributed by atoms with Crippen LogP contribution < -0.4 is 15.4 Å². The van der Waals surface area contributed by atoms with Gasteiger partial charge >= 0.3 is 6.03 Å². The number of hydrogen-bond acceptors (Lipinski definition) is 3. The van der Waals surface area contributed by atoms with Gasteiger partial charge in [-0.15, -0.1) is 0 Å². The highest BCUT2D eigenvalue weighted by atomic mass is 19.1. The van der Waals surface area contributed by atoms with Crippen LogP contribution in [0.3, 0.4) is 0 Å². The summed E-state index contributed by atoms with van der Waals surface area (Å²) in [5.74, 6) is -0.206. The third-order valence-corrected chi connectivity index (χ3v) is 4.13. The van der Waals surface area contributed by atoms with E-state index in [-0.39, 0.29) is 23.9 Å². The molecule has 0 saturated carbocycles. The number of hydrogen-bond donors (Lipinski definition) is 2. The number of ether oxygens (including phenoxy) is 1. The molecule has 1 aliphatic rings. The van der Waals surface area contributed by atoms with Gasteiger partial charge in [-0.3, -0.25) is 4.90 Å². The van der Waals surface area contributed by atoms with E-state index in [9.17, 15) is 9.18 Å². The van der Waals surface area contributed by atoms with Crippen molar-refractivity contribution in [3.63, 3.8) is 0 Å². The molecule has 1 saturated heterocycles. The summed E-state index contributed by atoms with van der Waals surface area (Å²) in [6.07, 6.45) is 1.55. The van der Waals surface area contributed by atoms with Crippen molar-refractivity contribution in [2.45, 2.75) is 38.8 Å². The van der Waals surface area contributed by atoms with E-state index in [1.165, 1.54) is 6.07 Å². The van der Waals surface area contributed by atoms with Crippen LogP contribution in [0.1, 0.15) is 26.7 Å². The molecule has 1 unspecified atom stereocenters. The first kappa shape index (κ1) is 19.2. The number of piperidine rings is 1. The highest BCUT2D eigenvalue weighted by Gasteiger charge is 2.20. The highest BCUT2D eigenvalue weighted by molar-refractivity contribution is 5.74. The molecule has 0 spiro atoms. The van der Waals surface area contributed by atoms with Crippen molar-refractivity contribution >= 4 is 6.03 Å². The van der Waals surface area contributed by atoms with Gasteiger partial charge in [-0.05, 0) is 38.8 Å². The number of carbonyl (C=O) groups is 1. The standard InChI is InChI=1S/C19H28FN3O2/c1-14(2)13-23-10-8-16(9-11-23)22-19(24)21-12-15(3)25-18-7-5-4-6-17(18)20/h4-7,15-16H,1,8-13H2,2-3H3,(H2,21,22,24). The van der Waals surface area contributed by atoms with Crippen LogP contribution in [0.4, 0.5) is 9.18 Å². The first-order valence-electron chi connectivity index (χ1n) is 8.76. The summed E-state index contributed by atoms with van der Waals surface area (Å²) < 4.78 is 19.0. The average Bonchev–Trinajstić information content (AvgIpc) is 2.56. The molecular formula is C19H28FN3O2. The van der Waals surface area contributed by atoms with E-state index in [4.69, 9.17) is 4.74 Å². The molecule has 0 aromatic heterocycles. The van der Waals surface area contributed by atoms with Crippen LogP contribution in [0.5, 0.6) is 5.75 Å². The summed E-state index contributed by atoms with van der Waals surface area (Å²) in [7, 11) is 0. The minimum Gasteiger partial charge on any atom is -0.486 e. The molecule has 1 aliphatic heterocycles. The number of rotatable bonds is 7. The van der Waals surface area contributed by atoms with Crippen LogP contribution in [-0.2, 0) is 0 Å². The number of amides is 2. The zero-order chi connectivity index (χ0) is 18.2. The summed E-state index contributed by atoms with van der Waals surface area (Å²) in [5.41, 5.74) is 1.16. The quantitative estimate of drug-likeness (QED) is 0.744. The lowest BCUT2D eigenvalue weighted by Gasteiger charge is -2.32. The zero-order valence-electron chi connectivity index (χ0n) is 15.1. The first-order valence-corrected chi connectivity index (χ1v) is 8.76. The fraction of sp³-hybridized carbons (Fsp3) is 0.526. The fourth-order valence-corrected chi connectivity index (χ4v) is 2.89. The second kappa shape index (κ2) is 9.42. The molecule has 2 N–H and O–H groups in total. The maximum Gasteiger partial charge on any atom is 0.315 e. The lowest BCUT2D eigenvalue weighted by molar-refractivity contribution is 0.189. The van der Waals surface area contributed by atoms with E-state index in [0.29, 0.717) is 6.54 Å². The van der Waals surface area contributed by atoms with Crippen molar-refractivity contribution in [2.24, 2.45) is 0 Å². The monoisotopic (exact) mass is 349 g/mol. The maximum atomic E-state index is 13.5. The number of urea groups is 1. The Balaban J connectivity index is 1.65. The minimum atomic E-state index is -0.402. The molecule has 0 radical (unpaired) electrons. The van der Waals surface area contributed by atoms with E-state index >= 15 is 0 Å². The molecule has 5 nitrogen and oxygen atoms in total. The number of carbonyl (C=O) groups excluding carboxylic acids is 1. The Morgan fingerprint density at radius 3 is 2.72 bits per heavy atom. The Morgan fingerprint density at radius 1 is 1.40 bits per heavy atom.